The normalized spacial score (nSPS) is 12.2. The summed E-state index contributed by atoms with van der Waals surface area (Å²) in [6.07, 6.45) is 2.85. The minimum absolute atomic E-state index is 0.0960. The van der Waals surface area contributed by atoms with E-state index in [1.54, 1.807) is 36.4 Å². The summed E-state index contributed by atoms with van der Waals surface area (Å²) >= 11 is 1.52. The van der Waals surface area contributed by atoms with Gasteiger partial charge in [-0.1, -0.05) is 55.0 Å². The predicted molar refractivity (Wildman–Crippen MR) is 163 cm³/mol. The first-order valence-corrected chi connectivity index (χ1v) is 16.1. The third-order valence-electron chi connectivity index (χ3n) is 6.55. The second-order valence-electron chi connectivity index (χ2n) is 9.93. The fourth-order valence-electron chi connectivity index (χ4n) is 4.39. The number of sulfonamides is 1. The fourth-order valence-corrected chi connectivity index (χ4v) is 6.21. The molecule has 214 valence electrons. The van der Waals surface area contributed by atoms with E-state index in [0.717, 1.165) is 20.3 Å². The van der Waals surface area contributed by atoms with Crippen LogP contribution >= 0.6 is 11.8 Å². The highest BCUT2D eigenvalue weighted by atomic mass is 32.2. The molecule has 7 nitrogen and oxygen atoms in total. The Morgan fingerprint density at radius 2 is 1.55 bits per heavy atom. The zero-order valence-corrected chi connectivity index (χ0v) is 25.5. The summed E-state index contributed by atoms with van der Waals surface area (Å²) in [5.74, 6) is -0.692. The Morgan fingerprint density at radius 3 is 2.10 bits per heavy atom. The molecule has 0 spiro atoms. The summed E-state index contributed by atoms with van der Waals surface area (Å²) < 4.78 is 29.0. The second-order valence-corrected chi connectivity index (χ2v) is 12.7. The monoisotopic (exact) mass is 581 g/mol. The smallest absolute Gasteiger partial charge is 0.264 e. The van der Waals surface area contributed by atoms with E-state index in [0.29, 0.717) is 18.5 Å². The molecule has 3 rings (SSSR count). The van der Waals surface area contributed by atoms with Gasteiger partial charge in [-0.3, -0.25) is 13.9 Å². The summed E-state index contributed by atoms with van der Waals surface area (Å²) in [5, 5.41) is 2.92. The Kier molecular flexibility index (Phi) is 11.2. The number of nitrogens with one attached hydrogen (secondary N) is 1. The highest BCUT2D eigenvalue weighted by Crippen LogP contribution is 2.26. The van der Waals surface area contributed by atoms with E-state index < -0.39 is 28.5 Å². The Balaban J connectivity index is 2.00. The lowest BCUT2D eigenvalue weighted by Crippen LogP contribution is -2.54. The Hall–Kier alpha value is -3.30. The van der Waals surface area contributed by atoms with Gasteiger partial charge in [0.15, 0.2) is 0 Å². The molecule has 0 fully saturated rings. The van der Waals surface area contributed by atoms with E-state index in [1.807, 2.05) is 76.4 Å². The quantitative estimate of drug-likeness (QED) is 0.277. The molecule has 0 aliphatic carbocycles. The van der Waals surface area contributed by atoms with Gasteiger partial charge in [-0.25, -0.2) is 8.42 Å². The second kappa shape index (κ2) is 14.4. The highest BCUT2D eigenvalue weighted by Gasteiger charge is 2.33. The van der Waals surface area contributed by atoms with Crippen LogP contribution in [-0.4, -0.2) is 56.6 Å². The maximum absolute atomic E-state index is 14.0. The van der Waals surface area contributed by atoms with Crippen LogP contribution in [0.2, 0.25) is 0 Å². The number of carbonyl (C=O) groups is 2. The number of nitrogens with zero attached hydrogens (tertiary/aromatic N) is 2. The van der Waals surface area contributed by atoms with Crippen LogP contribution in [0.3, 0.4) is 0 Å². The van der Waals surface area contributed by atoms with E-state index in [9.17, 15) is 18.0 Å². The molecule has 0 radical (unpaired) electrons. The van der Waals surface area contributed by atoms with Crippen LogP contribution in [0.15, 0.2) is 88.7 Å². The van der Waals surface area contributed by atoms with Crippen LogP contribution in [-0.2, 0) is 26.0 Å². The first kappa shape index (κ1) is 31.2. The molecule has 0 aromatic heterocycles. The van der Waals surface area contributed by atoms with Gasteiger partial charge in [-0.05, 0) is 81.8 Å². The molecule has 2 amide bonds. The van der Waals surface area contributed by atoms with Crippen LogP contribution in [0.1, 0.15) is 38.3 Å². The minimum Gasteiger partial charge on any atom is -0.352 e. The van der Waals surface area contributed by atoms with Gasteiger partial charge < -0.3 is 10.2 Å². The van der Waals surface area contributed by atoms with Crippen LogP contribution in [0, 0.1) is 6.92 Å². The Bertz CT molecular complexity index is 1360. The number of carbonyl (C=O) groups excluding carboxylic acids is 2. The van der Waals surface area contributed by atoms with Gasteiger partial charge in [0.2, 0.25) is 11.8 Å². The van der Waals surface area contributed by atoms with Gasteiger partial charge in [-0.2, -0.15) is 0 Å². The maximum Gasteiger partial charge on any atom is 0.264 e. The van der Waals surface area contributed by atoms with Crippen molar-refractivity contribution < 1.29 is 18.0 Å². The average molecular weight is 582 g/mol. The summed E-state index contributed by atoms with van der Waals surface area (Å²) in [7, 11) is -4.08. The molecular formula is C31H39N3O4S2. The molecule has 3 aromatic carbocycles. The van der Waals surface area contributed by atoms with Crippen molar-refractivity contribution in [1.29, 1.82) is 0 Å². The molecule has 0 heterocycles. The van der Waals surface area contributed by atoms with E-state index in [1.165, 1.54) is 16.7 Å². The van der Waals surface area contributed by atoms with E-state index >= 15 is 0 Å². The number of benzene rings is 3. The third kappa shape index (κ3) is 8.11. The van der Waals surface area contributed by atoms with E-state index in [-0.39, 0.29) is 23.4 Å². The van der Waals surface area contributed by atoms with Crippen LogP contribution < -0.4 is 9.62 Å². The van der Waals surface area contributed by atoms with Gasteiger partial charge in [0.25, 0.3) is 10.0 Å². The topological polar surface area (TPSA) is 86.8 Å². The van der Waals surface area contributed by atoms with Gasteiger partial charge in [-0.15, -0.1) is 11.8 Å². The van der Waals surface area contributed by atoms with Gasteiger partial charge in [0, 0.05) is 17.5 Å². The summed E-state index contributed by atoms with van der Waals surface area (Å²) in [5.41, 5.74) is 2.38. The molecular weight excluding hydrogens is 542 g/mol. The summed E-state index contributed by atoms with van der Waals surface area (Å²) in [4.78, 5) is 29.8. The van der Waals surface area contributed by atoms with Crippen molar-refractivity contribution in [2.75, 3.05) is 23.7 Å². The number of aryl methyl sites for hydroxylation is 1. The lowest BCUT2D eigenvalue weighted by atomic mass is 10.1. The van der Waals surface area contributed by atoms with Gasteiger partial charge in [0.1, 0.15) is 12.6 Å². The van der Waals surface area contributed by atoms with Gasteiger partial charge in [0.05, 0.1) is 10.6 Å². The number of amides is 2. The van der Waals surface area contributed by atoms with Crippen molar-refractivity contribution in [2.24, 2.45) is 0 Å². The standard InChI is InChI=1S/C31H39N3O4S2/c1-6-29(31(36)32-23(2)3)33(21-20-25-10-8-7-9-11-25)30(35)22-34(26-14-12-24(4)13-15-26)40(37,38)28-18-16-27(39-5)17-19-28/h7-19,23,29H,6,20-22H2,1-5H3,(H,32,36). The van der Waals surface area contributed by atoms with Crippen LogP contribution in [0.4, 0.5) is 5.69 Å². The van der Waals surface area contributed by atoms with Gasteiger partial charge >= 0.3 is 0 Å². The molecule has 0 saturated heterocycles. The number of hydrogen-bond acceptors (Lipinski definition) is 5. The van der Waals surface area contributed by atoms with E-state index in [2.05, 4.69) is 5.32 Å². The maximum atomic E-state index is 14.0. The molecule has 0 bridgehead atoms. The lowest BCUT2D eigenvalue weighted by Gasteiger charge is -2.33. The minimum atomic E-state index is -4.08. The first-order chi connectivity index (χ1) is 19.1. The zero-order valence-electron chi connectivity index (χ0n) is 23.8. The van der Waals surface area contributed by atoms with E-state index in [4.69, 9.17) is 0 Å². The summed E-state index contributed by atoms with van der Waals surface area (Å²) in [6, 6.07) is 22.6. The molecule has 40 heavy (non-hydrogen) atoms. The molecule has 1 atom stereocenters. The van der Waals surface area contributed by atoms with Crippen molar-refractivity contribution in [2.45, 2.75) is 62.4 Å². The van der Waals surface area contributed by atoms with Crippen molar-refractivity contribution in [1.82, 2.24) is 10.2 Å². The highest BCUT2D eigenvalue weighted by molar-refractivity contribution is 7.98. The molecule has 0 aliphatic rings. The van der Waals surface area contributed by atoms with Crippen molar-refractivity contribution in [3.05, 3.63) is 90.0 Å². The zero-order chi connectivity index (χ0) is 29.3. The van der Waals surface area contributed by atoms with Crippen LogP contribution in [0.25, 0.3) is 0 Å². The molecule has 3 aromatic rings. The number of hydrogen-bond donors (Lipinski definition) is 1. The number of thioether (sulfide) groups is 1. The Labute approximate surface area is 243 Å². The Morgan fingerprint density at radius 1 is 0.925 bits per heavy atom. The largest absolute Gasteiger partial charge is 0.352 e. The van der Waals surface area contributed by atoms with Crippen molar-refractivity contribution in [3.63, 3.8) is 0 Å². The number of anilines is 1. The molecule has 0 saturated carbocycles. The predicted octanol–water partition coefficient (Wildman–Crippen LogP) is 5.29. The van der Waals surface area contributed by atoms with Crippen molar-refractivity contribution >= 4 is 39.3 Å². The fraction of sp³-hybridized carbons (Fsp3) is 0.355. The van der Waals surface area contributed by atoms with Crippen molar-refractivity contribution in [3.8, 4) is 0 Å². The number of rotatable bonds is 13. The molecule has 9 heteroatoms. The van der Waals surface area contributed by atoms with Crippen LogP contribution in [0.5, 0.6) is 0 Å². The summed E-state index contributed by atoms with van der Waals surface area (Å²) in [6.45, 7) is 7.35. The molecule has 0 aliphatic heterocycles. The third-order valence-corrected chi connectivity index (χ3v) is 9.08. The average Bonchev–Trinajstić information content (AvgIpc) is 2.94. The first-order valence-electron chi connectivity index (χ1n) is 13.4. The molecule has 1 unspecified atom stereocenters. The lowest BCUT2D eigenvalue weighted by molar-refractivity contribution is -0.139. The SMILES string of the molecule is CCC(C(=O)NC(C)C)N(CCc1ccccc1)C(=O)CN(c1ccc(C)cc1)S(=O)(=O)c1ccc(SC)cc1. The molecule has 1 N–H and O–H groups in total.